The Morgan fingerprint density at radius 2 is 1.86 bits per heavy atom. The van der Waals surface area contributed by atoms with Gasteiger partial charge in [-0.1, -0.05) is 30.3 Å². The maximum Gasteiger partial charge on any atom is 0.345 e. The smallest absolute Gasteiger partial charge is 0.345 e. The Hall–Kier alpha value is -2.01. The van der Waals surface area contributed by atoms with Crippen molar-refractivity contribution >= 4 is 21.9 Å². The summed E-state index contributed by atoms with van der Waals surface area (Å²) in [5, 5.41) is 0. The number of carbonyl (C=O) groups is 1. The summed E-state index contributed by atoms with van der Waals surface area (Å²) >= 11 is 3.42. The average Bonchev–Trinajstić information content (AvgIpc) is 2.46. The summed E-state index contributed by atoms with van der Waals surface area (Å²) in [6.07, 6.45) is 0. The van der Waals surface area contributed by atoms with Crippen LogP contribution in [0.1, 0.15) is 29.8 Å². The van der Waals surface area contributed by atoms with Gasteiger partial charge in [0.05, 0.1) is 4.47 Å². The fraction of sp³-hybridized carbons (Fsp3) is 0.235. The molecule has 1 aliphatic rings. The van der Waals surface area contributed by atoms with E-state index in [1.54, 1.807) is 26.0 Å². The van der Waals surface area contributed by atoms with Crippen molar-refractivity contribution in [1.82, 2.24) is 0 Å². The van der Waals surface area contributed by atoms with Crippen molar-refractivity contribution in [2.24, 2.45) is 0 Å². The highest BCUT2D eigenvalue weighted by molar-refractivity contribution is 9.10. The van der Waals surface area contributed by atoms with Crippen molar-refractivity contribution in [3.63, 3.8) is 0 Å². The molecule has 114 valence electrons. The standard InChI is InChI=1S/C17H15BrO4/c1-17(2)21-14-9-15(13(18)8-12(14)16(19)22-17)20-10-11-6-4-3-5-7-11/h3-9H,10H2,1-2H3. The molecule has 0 spiro atoms. The van der Waals surface area contributed by atoms with Gasteiger partial charge in [-0.15, -0.1) is 0 Å². The van der Waals surface area contributed by atoms with Gasteiger partial charge in [0.2, 0.25) is 5.79 Å². The lowest BCUT2D eigenvalue weighted by Crippen LogP contribution is -2.38. The summed E-state index contributed by atoms with van der Waals surface area (Å²) in [6, 6.07) is 13.2. The lowest BCUT2D eigenvalue weighted by molar-refractivity contribution is -0.127. The number of esters is 1. The molecule has 0 saturated carbocycles. The van der Waals surface area contributed by atoms with Crippen LogP contribution in [0.15, 0.2) is 46.9 Å². The van der Waals surface area contributed by atoms with Crippen molar-refractivity contribution in [2.45, 2.75) is 26.2 Å². The predicted molar refractivity (Wildman–Crippen MR) is 85.0 cm³/mol. The van der Waals surface area contributed by atoms with E-state index in [1.165, 1.54) is 0 Å². The maximum absolute atomic E-state index is 12.0. The first-order chi connectivity index (χ1) is 10.4. The van der Waals surface area contributed by atoms with Crippen LogP contribution in [0.25, 0.3) is 0 Å². The van der Waals surface area contributed by atoms with Gasteiger partial charge < -0.3 is 14.2 Å². The van der Waals surface area contributed by atoms with Gasteiger partial charge in [0, 0.05) is 19.9 Å². The van der Waals surface area contributed by atoms with Gasteiger partial charge in [0.25, 0.3) is 0 Å². The van der Waals surface area contributed by atoms with Gasteiger partial charge in [-0.3, -0.25) is 0 Å². The van der Waals surface area contributed by atoms with Crippen molar-refractivity contribution in [1.29, 1.82) is 0 Å². The molecule has 0 aliphatic carbocycles. The molecule has 2 aromatic rings. The summed E-state index contributed by atoms with van der Waals surface area (Å²) in [5.74, 6) is -0.295. The molecule has 4 nitrogen and oxygen atoms in total. The zero-order valence-electron chi connectivity index (χ0n) is 12.3. The largest absolute Gasteiger partial charge is 0.488 e. The van der Waals surface area contributed by atoms with E-state index in [2.05, 4.69) is 15.9 Å². The fourth-order valence-electron chi connectivity index (χ4n) is 2.19. The van der Waals surface area contributed by atoms with Crippen LogP contribution < -0.4 is 9.47 Å². The molecule has 5 heteroatoms. The van der Waals surface area contributed by atoms with Crippen molar-refractivity contribution in [3.05, 3.63) is 58.1 Å². The summed E-state index contributed by atoms with van der Waals surface area (Å²) < 4.78 is 17.4. The third-order valence-electron chi connectivity index (χ3n) is 3.19. The van der Waals surface area contributed by atoms with Crippen LogP contribution in [-0.4, -0.2) is 11.8 Å². The summed E-state index contributed by atoms with van der Waals surface area (Å²) in [5.41, 5.74) is 1.45. The molecule has 1 heterocycles. The van der Waals surface area contributed by atoms with E-state index in [0.717, 1.165) is 5.56 Å². The molecule has 1 aliphatic heterocycles. The predicted octanol–water partition coefficient (Wildman–Crippen LogP) is 4.31. The first-order valence-electron chi connectivity index (χ1n) is 6.87. The Morgan fingerprint density at radius 1 is 1.14 bits per heavy atom. The minimum Gasteiger partial charge on any atom is -0.488 e. The van der Waals surface area contributed by atoms with Crippen molar-refractivity contribution in [3.8, 4) is 11.5 Å². The second kappa shape index (κ2) is 5.65. The van der Waals surface area contributed by atoms with E-state index < -0.39 is 11.8 Å². The van der Waals surface area contributed by atoms with Gasteiger partial charge in [-0.25, -0.2) is 4.79 Å². The summed E-state index contributed by atoms with van der Waals surface area (Å²) in [4.78, 5) is 12.0. The van der Waals surface area contributed by atoms with Gasteiger partial charge >= 0.3 is 5.97 Å². The number of hydrogen-bond acceptors (Lipinski definition) is 4. The number of benzene rings is 2. The Kier molecular flexibility index (Phi) is 3.83. The normalized spacial score (nSPS) is 15.5. The molecule has 0 fully saturated rings. The molecular weight excluding hydrogens is 348 g/mol. The van der Waals surface area contributed by atoms with E-state index >= 15 is 0 Å². The van der Waals surface area contributed by atoms with Crippen LogP contribution in [0, 0.1) is 0 Å². The molecule has 0 N–H and O–H groups in total. The van der Waals surface area contributed by atoms with Gasteiger partial charge in [0.1, 0.15) is 23.7 Å². The molecule has 3 rings (SSSR count). The first-order valence-corrected chi connectivity index (χ1v) is 7.66. The van der Waals surface area contributed by atoms with E-state index in [0.29, 0.717) is 28.1 Å². The highest BCUT2D eigenvalue weighted by atomic mass is 79.9. The molecular formula is C17H15BrO4. The highest BCUT2D eigenvalue weighted by Gasteiger charge is 2.34. The number of rotatable bonds is 3. The third kappa shape index (κ3) is 3.09. The van der Waals surface area contributed by atoms with E-state index in [9.17, 15) is 4.79 Å². The zero-order valence-corrected chi connectivity index (χ0v) is 13.8. The van der Waals surface area contributed by atoms with E-state index in [4.69, 9.17) is 14.2 Å². The lowest BCUT2D eigenvalue weighted by Gasteiger charge is -2.32. The molecule has 0 unspecified atom stereocenters. The number of carbonyl (C=O) groups excluding carboxylic acids is 1. The average molecular weight is 363 g/mol. The molecule has 0 amide bonds. The second-order valence-corrected chi connectivity index (χ2v) is 6.30. The first kappa shape index (κ1) is 14.9. The van der Waals surface area contributed by atoms with Gasteiger partial charge in [-0.05, 0) is 27.6 Å². The molecule has 0 saturated heterocycles. The van der Waals surface area contributed by atoms with Crippen molar-refractivity contribution < 1.29 is 19.0 Å². The van der Waals surface area contributed by atoms with Gasteiger partial charge in [0.15, 0.2) is 0 Å². The Balaban J connectivity index is 1.86. The summed E-state index contributed by atoms with van der Waals surface area (Å²) in [7, 11) is 0. The highest BCUT2D eigenvalue weighted by Crippen LogP contribution is 2.38. The quantitative estimate of drug-likeness (QED) is 0.763. The lowest BCUT2D eigenvalue weighted by atomic mass is 10.1. The second-order valence-electron chi connectivity index (χ2n) is 5.44. The van der Waals surface area contributed by atoms with Crippen LogP contribution in [0.3, 0.4) is 0 Å². The molecule has 0 radical (unpaired) electrons. The topological polar surface area (TPSA) is 44.8 Å². The Morgan fingerprint density at radius 3 is 2.59 bits per heavy atom. The number of cyclic esters (lactones) is 1. The SMILES string of the molecule is CC1(C)OC(=O)c2cc(Br)c(OCc3ccccc3)cc2O1. The molecule has 0 atom stereocenters. The van der Waals surface area contributed by atoms with E-state index in [-0.39, 0.29) is 0 Å². The van der Waals surface area contributed by atoms with Crippen LogP contribution >= 0.6 is 15.9 Å². The fourth-order valence-corrected chi connectivity index (χ4v) is 2.65. The number of halogens is 1. The third-order valence-corrected chi connectivity index (χ3v) is 3.81. The molecule has 22 heavy (non-hydrogen) atoms. The minimum absolute atomic E-state index is 0.387. The Labute approximate surface area is 137 Å². The molecule has 2 aromatic carbocycles. The molecule has 0 aromatic heterocycles. The number of hydrogen-bond donors (Lipinski definition) is 0. The zero-order chi connectivity index (χ0) is 15.7. The van der Waals surface area contributed by atoms with Crippen molar-refractivity contribution in [2.75, 3.05) is 0 Å². The van der Waals surface area contributed by atoms with Crippen LogP contribution in [-0.2, 0) is 11.3 Å². The minimum atomic E-state index is -0.978. The molecule has 0 bridgehead atoms. The van der Waals surface area contributed by atoms with Gasteiger partial charge in [-0.2, -0.15) is 0 Å². The monoisotopic (exact) mass is 362 g/mol. The Bertz CT molecular complexity index is 710. The number of ether oxygens (including phenoxy) is 3. The van der Waals surface area contributed by atoms with E-state index in [1.807, 2.05) is 30.3 Å². The van der Waals surface area contributed by atoms with Crippen LogP contribution in [0.5, 0.6) is 11.5 Å². The maximum atomic E-state index is 12.0. The van der Waals surface area contributed by atoms with Crippen LogP contribution in [0.4, 0.5) is 0 Å². The number of fused-ring (bicyclic) bond motifs is 1. The summed E-state index contributed by atoms with van der Waals surface area (Å²) in [6.45, 7) is 3.83. The van der Waals surface area contributed by atoms with Crippen LogP contribution in [0.2, 0.25) is 0 Å².